The predicted molar refractivity (Wildman–Crippen MR) is 88.5 cm³/mol. The van der Waals surface area contributed by atoms with Crippen LogP contribution in [0.4, 0.5) is 0 Å². The van der Waals surface area contributed by atoms with Crippen LogP contribution in [0.25, 0.3) is 5.95 Å². The molecule has 0 saturated heterocycles. The molecule has 0 aliphatic heterocycles. The number of carbonyl (C=O) groups excluding carboxylic acids is 1. The lowest BCUT2D eigenvalue weighted by molar-refractivity contribution is 0.0777. The van der Waals surface area contributed by atoms with Crippen LogP contribution in [0.3, 0.4) is 0 Å². The van der Waals surface area contributed by atoms with Gasteiger partial charge in [-0.1, -0.05) is 0 Å². The SMILES string of the molecule is Cc1cc(C)nc(-n2[nH]c(C(=O)N(C)Cc3coc(C)n3)cc2=O)n1. The molecule has 0 fully saturated rings. The third-order valence-electron chi connectivity index (χ3n) is 3.53. The minimum atomic E-state index is -0.404. The number of oxazole rings is 1. The molecule has 3 aromatic rings. The quantitative estimate of drug-likeness (QED) is 0.761. The van der Waals surface area contributed by atoms with Gasteiger partial charge in [0.1, 0.15) is 12.0 Å². The van der Waals surface area contributed by atoms with Crippen molar-refractivity contribution in [1.29, 1.82) is 0 Å². The molecule has 0 aliphatic rings. The second-order valence-corrected chi connectivity index (χ2v) is 5.81. The van der Waals surface area contributed by atoms with E-state index in [1.54, 1.807) is 20.0 Å². The Morgan fingerprint density at radius 3 is 2.48 bits per heavy atom. The van der Waals surface area contributed by atoms with Crippen LogP contribution < -0.4 is 5.56 Å². The highest BCUT2D eigenvalue weighted by atomic mass is 16.3. The predicted octanol–water partition coefficient (Wildman–Crippen LogP) is 1.14. The molecule has 0 unspecified atom stereocenters. The van der Waals surface area contributed by atoms with Crippen molar-refractivity contribution in [3.05, 3.63) is 57.4 Å². The van der Waals surface area contributed by atoms with Gasteiger partial charge in [0.15, 0.2) is 5.89 Å². The lowest BCUT2D eigenvalue weighted by atomic mass is 10.3. The van der Waals surface area contributed by atoms with Gasteiger partial charge < -0.3 is 9.32 Å². The summed E-state index contributed by atoms with van der Waals surface area (Å²) in [5.74, 6) is 0.389. The lowest BCUT2D eigenvalue weighted by Crippen LogP contribution is -2.27. The lowest BCUT2D eigenvalue weighted by Gasteiger charge is -2.14. The molecule has 0 saturated carbocycles. The largest absolute Gasteiger partial charge is 0.449 e. The van der Waals surface area contributed by atoms with Crippen molar-refractivity contribution in [3.8, 4) is 5.95 Å². The van der Waals surface area contributed by atoms with Crippen molar-refractivity contribution in [2.24, 2.45) is 0 Å². The van der Waals surface area contributed by atoms with Gasteiger partial charge in [-0.15, -0.1) is 0 Å². The van der Waals surface area contributed by atoms with E-state index in [9.17, 15) is 9.59 Å². The number of aromatic nitrogens is 5. The van der Waals surface area contributed by atoms with Crippen molar-refractivity contribution in [3.63, 3.8) is 0 Å². The minimum absolute atomic E-state index is 0.149. The van der Waals surface area contributed by atoms with Gasteiger partial charge in [-0.25, -0.2) is 15.0 Å². The molecule has 9 nitrogen and oxygen atoms in total. The molecule has 0 bridgehead atoms. The molecule has 0 aromatic carbocycles. The zero-order valence-corrected chi connectivity index (χ0v) is 14.4. The van der Waals surface area contributed by atoms with Gasteiger partial charge in [-0.05, 0) is 19.9 Å². The van der Waals surface area contributed by atoms with Crippen LogP contribution in [-0.4, -0.2) is 42.6 Å². The first-order valence-corrected chi connectivity index (χ1v) is 7.64. The maximum Gasteiger partial charge on any atom is 0.274 e. The summed E-state index contributed by atoms with van der Waals surface area (Å²) in [6, 6.07) is 3.03. The molecule has 0 spiro atoms. The Bertz CT molecular complexity index is 964. The smallest absolute Gasteiger partial charge is 0.274 e. The number of nitrogens with one attached hydrogen (secondary N) is 1. The van der Waals surface area contributed by atoms with E-state index in [2.05, 4.69) is 20.1 Å². The summed E-state index contributed by atoms with van der Waals surface area (Å²) in [4.78, 5) is 38.8. The summed E-state index contributed by atoms with van der Waals surface area (Å²) in [6.45, 7) is 5.62. The van der Waals surface area contributed by atoms with E-state index < -0.39 is 5.56 Å². The fourth-order valence-corrected chi connectivity index (χ4v) is 2.46. The van der Waals surface area contributed by atoms with Crippen molar-refractivity contribution >= 4 is 5.91 Å². The average molecular weight is 342 g/mol. The van der Waals surface area contributed by atoms with Crippen LogP contribution in [0, 0.1) is 20.8 Å². The van der Waals surface area contributed by atoms with E-state index in [0.717, 1.165) is 16.1 Å². The van der Waals surface area contributed by atoms with E-state index in [1.165, 1.54) is 17.2 Å². The van der Waals surface area contributed by atoms with Gasteiger partial charge in [0.2, 0.25) is 0 Å². The maximum absolute atomic E-state index is 12.5. The Kier molecular flexibility index (Phi) is 4.22. The fourth-order valence-electron chi connectivity index (χ4n) is 2.46. The number of aryl methyl sites for hydroxylation is 3. The third-order valence-corrected chi connectivity index (χ3v) is 3.53. The highest BCUT2D eigenvalue weighted by Gasteiger charge is 2.18. The average Bonchev–Trinajstić information content (AvgIpc) is 3.11. The number of carbonyl (C=O) groups is 1. The van der Waals surface area contributed by atoms with Crippen molar-refractivity contribution < 1.29 is 9.21 Å². The van der Waals surface area contributed by atoms with Gasteiger partial charge in [0.05, 0.1) is 12.2 Å². The first-order valence-electron chi connectivity index (χ1n) is 7.64. The number of hydrogen-bond donors (Lipinski definition) is 1. The van der Waals surface area contributed by atoms with E-state index in [0.29, 0.717) is 11.6 Å². The molecule has 3 rings (SSSR count). The van der Waals surface area contributed by atoms with Crippen molar-refractivity contribution in [2.75, 3.05) is 7.05 Å². The van der Waals surface area contributed by atoms with Crippen molar-refractivity contribution in [2.45, 2.75) is 27.3 Å². The Morgan fingerprint density at radius 2 is 1.88 bits per heavy atom. The van der Waals surface area contributed by atoms with E-state index >= 15 is 0 Å². The molecule has 130 valence electrons. The number of nitrogens with zero attached hydrogens (tertiary/aromatic N) is 5. The zero-order valence-electron chi connectivity index (χ0n) is 14.4. The van der Waals surface area contributed by atoms with E-state index in [4.69, 9.17) is 4.42 Å². The second-order valence-electron chi connectivity index (χ2n) is 5.81. The Morgan fingerprint density at radius 1 is 1.20 bits per heavy atom. The van der Waals surface area contributed by atoms with Crippen LogP contribution >= 0.6 is 0 Å². The topological polar surface area (TPSA) is 110 Å². The minimum Gasteiger partial charge on any atom is -0.449 e. The second kappa shape index (κ2) is 6.34. The number of hydrogen-bond acceptors (Lipinski definition) is 6. The molecular formula is C16H18N6O3. The summed E-state index contributed by atoms with van der Waals surface area (Å²) in [5.41, 5.74) is 1.84. The van der Waals surface area contributed by atoms with E-state index in [-0.39, 0.29) is 24.1 Å². The third kappa shape index (κ3) is 3.49. The number of aromatic amines is 1. The molecule has 3 heterocycles. The van der Waals surface area contributed by atoms with E-state index in [1.807, 2.05) is 13.8 Å². The molecule has 1 amide bonds. The molecular weight excluding hydrogens is 324 g/mol. The Balaban J connectivity index is 1.86. The molecule has 0 aliphatic carbocycles. The van der Waals surface area contributed by atoms with Crippen molar-refractivity contribution in [1.82, 2.24) is 29.6 Å². The summed E-state index contributed by atoms with van der Waals surface area (Å²) in [6.07, 6.45) is 1.50. The van der Waals surface area contributed by atoms with Crippen LogP contribution in [0.15, 0.2) is 27.6 Å². The van der Waals surface area contributed by atoms with Gasteiger partial charge in [-0.2, -0.15) is 4.68 Å². The highest BCUT2D eigenvalue weighted by Crippen LogP contribution is 2.08. The van der Waals surface area contributed by atoms with Crippen LogP contribution in [0.1, 0.15) is 33.5 Å². The molecule has 1 N–H and O–H groups in total. The maximum atomic E-state index is 12.5. The zero-order chi connectivity index (χ0) is 18.1. The normalized spacial score (nSPS) is 10.9. The molecule has 3 aromatic heterocycles. The molecule has 25 heavy (non-hydrogen) atoms. The first-order chi connectivity index (χ1) is 11.8. The number of rotatable bonds is 4. The summed E-state index contributed by atoms with van der Waals surface area (Å²) < 4.78 is 6.28. The summed E-state index contributed by atoms with van der Waals surface area (Å²) >= 11 is 0. The Labute approximate surface area is 143 Å². The van der Waals surface area contributed by atoms with Crippen LogP contribution in [-0.2, 0) is 6.54 Å². The highest BCUT2D eigenvalue weighted by molar-refractivity contribution is 5.92. The Hall–Kier alpha value is -3.23. The molecule has 0 atom stereocenters. The monoisotopic (exact) mass is 342 g/mol. The van der Waals surface area contributed by atoms with Gasteiger partial charge >= 0.3 is 0 Å². The van der Waals surface area contributed by atoms with Crippen LogP contribution in [0.2, 0.25) is 0 Å². The number of amides is 1. The van der Waals surface area contributed by atoms with Gasteiger partial charge in [0, 0.05) is 31.4 Å². The van der Waals surface area contributed by atoms with Crippen LogP contribution in [0.5, 0.6) is 0 Å². The fraction of sp³-hybridized carbons (Fsp3) is 0.312. The summed E-state index contributed by atoms with van der Waals surface area (Å²) in [7, 11) is 1.62. The molecule has 0 radical (unpaired) electrons. The molecule has 9 heteroatoms. The van der Waals surface area contributed by atoms with Gasteiger partial charge in [0.25, 0.3) is 17.4 Å². The first kappa shape index (κ1) is 16.6. The number of H-pyrrole nitrogens is 1. The standard InChI is InChI=1S/C16H18N6O3/c1-9-5-10(2)18-16(17-9)22-14(23)6-13(20-22)15(24)21(4)7-12-8-25-11(3)19-12/h5-6,8,20H,7H2,1-4H3. The summed E-state index contributed by atoms with van der Waals surface area (Å²) in [5, 5.41) is 2.77. The van der Waals surface area contributed by atoms with Gasteiger partial charge in [-0.3, -0.25) is 14.7 Å².